The quantitative estimate of drug-likeness (QED) is 0.179. The zero-order valence-corrected chi connectivity index (χ0v) is 24.8. The average molecular weight is 586 g/mol. The topological polar surface area (TPSA) is 206 Å². The normalized spacial score (nSPS) is 25.7. The molecule has 1 saturated carbocycles. The van der Waals surface area contributed by atoms with Gasteiger partial charge in [0.2, 0.25) is 11.7 Å². The number of ketones is 2. The van der Waals surface area contributed by atoms with Gasteiger partial charge < -0.3 is 41.7 Å². The highest BCUT2D eigenvalue weighted by molar-refractivity contribution is 6.24. The van der Waals surface area contributed by atoms with Gasteiger partial charge >= 0.3 is 0 Å². The third-order valence-corrected chi connectivity index (χ3v) is 8.23. The lowest BCUT2D eigenvalue weighted by Gasteiger charge is -2.50. The van der Waals surface area contributed by atoms with E-state index in [4.69, 9.17) is 5.73 Å². The summed E-state index contributed by atoms with van der Waals surface area (Å²) in [5.74, 6) is -7.79. The van der Waals surface area contributed by atoms with E-state index in [1.807, 2.05) is 20.8 Å². The minimum Gasteiger partial charge on any atom is -0.508 e. The largest absolute Gasteiger partial charge is 0.508 e. The molecule has 3 aliphatic rings. The number of nitrogens with zero attached hydrogens (tertiary/aromatic N) is 2. The van der Waals surface area contributed by atoms with Crippen LogP contribution in [0.1, 0.15) is 38.3 Å². The van der Waals surface area contributed by atoms with Crippen LogP contribution < -0.4 is 21.3 Å². The Morgan fingerprint density at radius 3 is 2.26 bits per heavy atom. The molecule has 1 aromatic carbocycles. The Kier molecular flexibility index (Phi) is 7.68. The van der Waals surface area contributed by atoms with Crippen LogP contribution in [0.2, 0.25) is 0 Å². The lowest BCUT2D eigenvalue weighted by molar-refractivity contribution is -0.153. The van der Waals surface area contributed by atoms with E-state index in [0.29, 0.717) is 11.3 Å². The number of likely N-dealkylation sites (N-methyl/N-ethyl adjacent to an activating group) is 1. The third kappa shape index (κ3) is 4.80. The first-order chi connectivity index (χ1) is 19.3. The molecule has 0 spiro atoms. The van der Waals surface area contributed by atoms with Crippen molar-refractivity contribution < 1.29 is 39.6 Å². The molecule has 4 atom stereocenters. The molecule has 42 heavy (non-hydrogen) atoms. The Balaban J connectivity index is 1.89. The number of amides is 2. The van der Waals surface area contributed by atoms with Crippen LogP contribution in [0.4, 0.5) is 11.4 Å². The molecule has 0 aromatic heterocycles. The SMILES string of the molecule is CN(C)c1cc(NC(=O)CNC(C)(C)C)c(O)c2c1C[C@@H]1C[C@@H]3[C@H](N(C)C)C(=O)C(C(N)=O)=C(O)[C@@]3(O)C(=O)C1=C2O. The molecular weight excluding hydrogens is 546 g/mol. The van der Waals surface area contributed by atoms with Crippen LogP contribution >= 0.6 is 0 Å². The fourth-order valence-corrected chi connectivity index (χ4v) is 6.33. The van der Waals surface area contributed by atoms with Crippen molar-refractivity contribution >= 4 is 40.5 Å². The number of fused-ring (bicyclic) bond motifs is 3. The number of Topliss-reactive ketones (excluding diaryl/α,β-unsaturated/α-hetero) is 2. The van der Waals surface area contributed by atoms with E-state index in [0.717, 1.165) is 0 Å². The molecule has 8 N–H and O–H groups in total. The fraction of sp³-hybridized carbons (Fsp3) is 0.517. The highest BCUT2D eigenvalue weighted by Crippen LogP contribution is 2.54. The van der Waals surface area contributed by atoms with Gasteiger partial charge in [-0.3, -0.25) is 24.1 Å². The van der Waals surface area contributed by atoms with Crippen molar-refractivity contribution in [3.8, 4) is 5.75 Å². The number of aliphatic hydroxyl groups excluding tert-OH is 2. The Bertz CT molecular complexity index is 1450. The molecule has 0 saturated heterocycles. The smallest absolute Gasteiger partial charge is 0.255 e. The number of carbonyl (C=O) groups is 4. The maximum atomic E-state index is 14.0. The number of nitrogens with one attached hydrogen (secondary N) is 2. The fourth-order valence-electron chi connectivity index (χ4n) is 6.33. The standard InChI is InChI=1S/C29H39N5O8/c1-28(2,3)31-11-17(35)32-15-10-16(33(4)5)13-8-12-9-14-21(34(6)7)24(38)20(27(30)41)26(40)29(14,42)25(39)18(12)23(37)19(13)22(15)36/h10,12,14,21,31,36-37,40,42H,8-9,11H2,1-7H3,(H2,30,41)(H,32,35)/t12-,14-,21+,29+/m1/s1. The summed E-state index contributed by atoms with van der Waals surface area (Å²) < 4.78 is 0. The molecule has 4 rings (SSSR count). The predicted molar refractivity (Wildman–Crippen MR) is 155 cm³/mol. The van der Waals surface area contributed by atoms with Gasteiger partial charge in [0, 0.05) is 36.8 Å². The molecule has 0 bridgehead atoms. The van der Waals surface area contributed by atoms with Crippen LogP contribution in [0, 0.1) is 11.8 Å². The van der Waals surface area contributed by atoms with Crippen molar-refractivity contribution in [2.75, 3.05) is 45.0 Å². The number of primary amides is 1. The molecule has 1 aromatic rings. The number of hydrogen-bond acceptors (Lipinski definition) is 11. The Morgan fingerprint density at radius 1 is 1.12 bits per heavy atom. The molecule has 0 radical (unpaired) electrons. The Hall–Kier alpha value is -3.94. The van der Waals surface area contributed by atoms with Crippen LogP contribution in [-0.4, -0.2) is 101 Å². The van der Waals surface area contributed by atoms with E-state index >= 15 is 0 Å². The van der Waals surface area contributed by atoms with Crippen molar-refractivity contribution in [1.29, 1.82) is 0 Å². The summed E-state index contributed by atoms with van der Waals surface area (Å²) in [4.78, 5) is 55.3. The van der Waals surface area contributed by atoms with Crippen LogP contribution in [0.3, 0.4) is 0 Å². The summed E-state index contributed by atoms with van der Waals surface area (Å²) in [6, 6.07) is 0.409. The molecule has 3 aliphatic carbocycles. The van der Waals surface area contributed by atoms with Crippen molar-refractivity contribution in [2.24, 2.45) is 17.6 Å². The summed E-state index contributed by atoms with van der Waals surface area (Å²) in [5, 5.41) is 51.3. The number of aromatic hydroxyl groups is 1. The number of anilines is 2. The van der Waals surface area contributed by atoms with Crippen molar-refractivity contribution in [3.05, 3.63) is 34.1 Å². The molecule has 1 fully saturated rings. The highest BCUT2D eigenvalue weighted by atomic mass is 16.3. The summed E-state index contributed by atoms with van der Waals surface area (Å²) in [6.07, 6.45) is 0.117. The second-order valence-electron chi connectivity index (χ2n) is 12.7. The van der Waals surface area contributed by atoms with Gasteiger partial charge in [-0.05, 0) is 65.3 Å². The first-order valence-electron chi connectivity index (χ1n) is 13.6. The Labute approximate surface area is 243 Å². The first kappa shape index (κ1) is 31.0. The summed E-state index contributed by atoms with van der Waals surface area (Å²) in [5.41, 5.74) is 2.11. The molecule has 0 aliphatic heterocycles. The summed E-state index contributed by atoms with van der Waals surface area (Å²) in [7, 11) is 6.58. The predicted octanol–water partition coefficient (Wildman–Crippen LogP) is 0.357. The van der Waals surface area contributed by atoms with Gasteiger partial charge in [-0.2, -0.15) is 0 Å². The van der Waals surface area contributed by atoms with Gasteiger partial charge in [-0.15, -0.1) is 0 Å². The number of carbonyl (C=O) groups excluding carboxylic acids is 4. The first-order valence-corrected chi connectivity index (χ1v) is 13.6. The zero-order chi connectivity index (χ0) is 31.6. The van der Waals surface area contributed by atoms with Crippen LogP contribution in [0.25, 0.3) is 5.76 Å². The molecule has 13 heteroatoms. The second kappa shape index (κ2) is 10.4. The second-order valence-corrected chi connectivity index (χ2v) is 12.7. The number of rotatable bonds is 6. The van der Waals surface area contributed by atoms with E-state index < -0.39 is 69.7 Å². The molecule has 13 nitrogen and oxygen atoms in total. The number of benzene rings is 1. The number of aliphatic hydroxyl groups is 3. The lowest BCUT2D eigenvalue weighted by Crippen LogP contribution is -2.65. The monoisotopic (exact) mass is 585 g/mol. The highest BCUT2D eigenvalue weighted by Gasteiger charge is 2.64. The number of phenols is 1. The van der Waals surface area contributed by atoms with Gasteiger partial charge in [-0.25, -0.2) is 0 Å². The van der Waals surface area contributed by atoms with Gasteiger partial charge in [0.1, 0.15) is 22.8 Å². The summed E-state index contributed by atoms with van der Waals surface area (Å²) >= 11 is 0. The van der Waals surface area contributed by atoms with Gasteiger partial charge in [-0.1, -0.05) is 0 Å². The molecular formula is C29H39N5O8. The van der Waals surface area contributed by atoms with E-state index in [-0.39, 0.29) is 41.7 Å². The molecule has 2 amide bonds. The van der Waals surface area contributed by atoms with Crippen LogP contribution in [0.5, 0.6) is 5.75 Å². The van der Waals surface area contributed by atoms with Crippen molar-refractivity contribution in [2.45, 2.75) is 50.8 Å². The molecule has 0 unspecified atom stereocenters. The van der Waals surface area contributed by atoms with Crippen LogP contribution in [0.15, 0.2) is 23.0 Å². The Morgan fingerprint density at radius 2 is 1.74 bits per heavy atom. The van der Waals surface area contributed by atoms with E-state index in [1.54, 1.807) is 39.2 Å². The number of phenolic OH excluding ortho intramolecular Hbond substituents is 1. The number of nitrogens with two attached hydrogens (primary N) is 1. The lowest BCUT2D eigenvalue weighted by atomic mass is 9.57. The summed E-state index contributed by atoms with van der Waals surface area (Å²) in [6.45, 7) is 5.62. The minimum atomic E-state index is -2.73. The average Bonchev–Trinajstić information content (AvgIpc) is 2.85. The van der Waals surface area contributed by atoms with E-state index in [9.17, 15) is 39.6 Å². The van der Waals surface area contributed by atoms with E-state index in [1.165, 1.54) is 4.90 Å². The van der Waals surface area contributed by atoms with Crippen LogP contribution in [-0.2, 0) is 25.6 Å². The maximum absolute atomic E-state index is 14.0. The van der Waals surface area contributed by atoms with Crippen molar-refractivity contribution in [1.82, 2.24) is 10.2 Å². The molecule has 0 heterocycles. The van der Waals surface area contributed by atoms with Gasteiger partial charge in [0.15, 0.2) is 11.4 Å². The molecule has 228 valence electrons. The maximum Gasteiger partial charge on any atom is 0.255 e. The number of hydrogen-bond donors (Lipinski definition) is 7. The van der Waals surface area contributed by atoms with E-state index in [2.05, 4.69) is 10.6 Å². The minimum absolute atomic E-state index is 0.00158. The third-order valence-electron chi connectivity index (χ3n) is 8.23. The van der Waals surface area contributed by atoms with Crippen molar-refractivity contribution in [3.63, 3.8) is 0 Å². The van der Waals surface area contributed by atoms with Gasteiger partial charge in [0.05, 0.1) is 23.8 Å². The van der Waals surface area contributed by atoms with Gasteiger partial charge in [0.25, 0.3) is 5.91 Å². The zero-order valence-electron chi connectivity index (χ0n) is 24.8.